The second kappa shape index (κ2) is 9.41. The third kappa shape index (κ3) is 3.95. The molecule has 10 atom stereocenters. The molecule has 5 fully saturated rings. The molecule has 2 heterocycles. The molecule has 0 amide bonds. The van der Waals surface area contributed by atoms with Gasteiger partial charge in [0.2, 0.25) is 0 Å². The van der Waals surface area contributed by atoms with Crippen molar-refractivity contribution in [1.82, 2.24) is 4.90 Å². The number of ether oxygens (including phenoxy) is 1. The summed E-state index contributed by atoms with van der Waals surface area (Å²) in [5.41, 5.74) is -1.24. The molecule has 4 unspecified atom stereocenters. The topological polar surface area (TPSA) is 66.8 Å². The maximum Gasteiger partial charge on any atom is 0.316 e. The van der Waals surface area contributed by atoms with Gasteiger partial charge in [-0.3, -0.25) is 9.59 Å². The van der Waals surface area contributed by atoms with Crippen LogP contribution >= 0.6 is 11.8 Å². The minimum absolute atomic E-state index is 0.00390. The summed E-state index contributed by atoms with van der Waals surface area (Å²) in [7, 11) is 2.24. The van der Waals surface area contributed by atoms with Crippen molar-refractivity contribution in [2.75, 3.05) is 12.8 Å². The molecule has 5 nitrogen and oxygen atoms in total. The fourth-order valence-electron chi connectivity index (χ4n) is 9.38. The van der Waals surface area contributed by atoms with Gasteiger partial charge in [-0.05, 0) is 75.7 Å². The highest BCUT2D eigenvalue weighted by Gasteiger charge is 2.68. The Bertz CT molecular complexity index is 895. The van der Waals surface area contributed by atoms with Gasteiger partial charge in [-0.2, -0.15) is 0 Å². The molecular formula is C30H47NO4S. The average Bonchev–Trinajstić information content (AvgIpc) is 3.28. The zero-order valence-electron chi connectivity index (χ0n) is 23.0. The van der Waals surface area contributed by atoms with Crippen LogP contribution in [-0.4, -0.2) is 64.1 Å². The number of nitrogens with zero attached hydrogens (tertiary/aromatic N) is 1. The Hall–Kier alpha value is -0.850. The molecule has 5 rings (SSSR count). The van der Waals surface area contributed by atoms with E-state index in [9.17, 15) is 14.7 Å². The summed E-state index contributed by atoms with van der Waals surface area (Å²) in [4.78, 5) is 29.4. The first-order valence-electron chi connectivity index (χ1n) is 14.3. The lowest BCUT2D eigenvalue weighted by atomic mass is 9.44. The summed E-state index contributed by atoms with van der Waals surface area (Å²) in [6.45, 7) is 12.8. The number of piperidine rings is 1. The summed E-state index contributed by atoms with van der Waals surface area (Å²) < 4.78 is 6.42. The molecule has 2 saturated heterocycles. The maximum absolute atomic E-state index is 13.5. The van der Waals surface area contributed by atoms with Gasteiger partial charge in [0.25, 0.3) is 0 Å². The molecule has 2 aliphatic heterocycles. The van der Waals surface area contributed by atoms with Gasteiger partial charge in [-0.1, -0.05) is 33.8 Å². The van der Waals surface area contributed by atoms with Crippen LogP contribution in [0.1, 0.15) is 85.5 Å². The SMILES string of the molecule is C=C[C@]1(C)C[C@@H](OC(=O)CSC2CC3CCC(C2)N3C)[C@@]2(C)C(C)CC[C@]3(CCC(=O)[C@H]32)[C@@H](C)C1O. The first-order chi connectivity index (χ1) is 17.0. The predicted molar refractivity (Wildman–Crippen MR) is 145 cm³/mol. The summed E-state index contributed by atoms with van der Waals surface area (Å²) in [6.07, 6.45) is 9.58. The van der Waals surface area contributed by atoms with Gasteiger partial charge >= 0.3 is 5.97 Å². The van der Waals surface area contributed by atoms with Crippen molar-refractivity contribution in [2.45, 2.75) is 115 Å². The van der Waals surface area contributed by atoms with E-state index in [0.717, 1.165) is 32.1 Å². The molecule has 0 aromatic heterocycles. The number of hydrogen-bond acceptors (Lipinski definition) is 6. The highest BCUT2D eigenvalue weighted by molar-refractivity contribution is 8.00. The van der Waals surface area contributed by atoms with Crippen LogP contribution < -0.4 is 0 Å². The lowest BCUT2D eigenvalue weighted by molar-refractivity contribution is -0.205. The monoisotopic (exact) mass is 517 g/mol. The van der Waals surface area contributed by atoms with Crippen LogP contribution in [0.25, 0.3) is 0 Å². The largest absolute Gasteiger partial charge is 0.461 e. The maximum atomic E-state index is 13.5. The first kappa shape index (κ1) is 26.7. The summed E-state index contributed by atoms with van der Waals surface area (Å²) >= 11 is 1.76. The molecule has 0 aromatic carbocycles. The van der Waals surface area contributed by atoms with Crippen LogP contribution in [0.5, 0.6) is 0 Å². The van der Waals surface area contributed by atoms with E-state index in [4.69, 9.17) is 4.74 Å². The van der Waals surface area contributed by atoms with Gasteiger partial charge in [-0.15, -0.1) is 18.3 Å². The molecule has 6 heteroatoms. The number of esters is 1. The normalized spacial score (nSPS) is 50.8. The quantitative estimate of drug-likeness (QED) is 0.397. The molecular weight excluding hydrogens is 470 g/mol. The van der Waals surface area contributed by atoms with Gasteiger partial charge in [0.1, 0.15) is 11.9 Å². The predicted octanol–water partition coefficient (Wildman–Crippen LogP) is 5.25. The fraction of sp³-hybridized carbons (Fsp3) is 0.867. The van der Waals surface area contributed by atoms with Crippen LogP contribution in [0.2, 0.25) is 0 Å². The minimum Gasteiger partial charge on any atom is -0.461 e. The smallest absolute Gasteiger partial charge is 0.316 e. The highest BCUT2D eigenvalue weighted by Crippen LogP contribution is 2.68. The number of fused-ring (bicyclic) bond motifs is 2. The Morgan fingerprint density at radius 2 is 1.86 bits per heavy atom. The number of rotatable bonds is 5. The first-order valence-corrected chi connectivity index (χ1v) is 15.4. The van der Waals surface area contributed by atoms with Gasteiger partial charge in [0.15, 0.2) is 0 Å². The van der Waals surface area contributed by atoms with E-state index in [1.807, 2.05) is 6.08 Å². The minimum atomic E-state index is -0.619. The van der Waals surface area contributed by atoms with E-state index in [1.54, 1.807) is 11.8 Å². The Labute approximate surface area is 222 Å². The number of carbonyl (C=O) groups excluding carboxylic acids is 2. The molecule has 0 radical (unpaired) electrons. The molecule has 202 valence electrons. The van der Waals surface area contributed by atoms with Crippen molar-refractivity contribution in [1.29, 1.82) is 0 Å². The third-order valence-corrected chi connectivity index (χ3v) is 13.3. The second-order valence-corrected chi connectivity index (χ2v) is 14.8. The van der Waals surface area contributed by atoms with Crippen LogP contribution in [0.3, 0.4) is 0 Å². The lowest BCUT2D eigenvalue weighted by Gasteiger charge is -2.61. The number of Topliss-reactive ketones (excluding diaryl/α,β-unsaturated/α-hetero) is 1. The van der Waals surface area contributed by atoms with E-state index in [2.05, 4.69) is 46.2 Å². The summed E-state index contributed by atoms with van der Waals surface area (Å²) in [6, 6.07) is 1.31. The molecule has 36 heavy (non-hydrogen) atoms. The lowest BCUT2D eigenvalue weighted by Crippen LogP contribution is -2.63. The highest BCUT2D eigenvalue weighted by atomic mass is 32.2. The van der Waals surface area contributed by atoms with E-state index in [-0.39, 0.29) is 29.1 Å². The number of ketones is 1. The van der Waals surface area contributed by atoms with Crippen molar-refractivity contribution in [3.8, 4) is 0 Å². The molecule has 1 N–H and O–H groups in total. The van der Waals surface area contributed by atoms with E-state index < -0.39 is 23.0 Å². The average molecular weight is 518 g/mol. The Morgan fingerprint density at radius 1 is 1.19 bits per heavy atom. The van der Waals surface area contributed by atoms with Crippen molar-refractivity contribution in [3.63, 3.8) is 0 Å². The number of carbonyl (C=O) groups is 2. The number of hydrogen-bond donors (Lipinski definition) is 1. The van der Waals surface area contributed by atoms with Gasteiger partial charge in [-0.25, -0.2) is 0 Å². The summed E-state index contributed by atoms with van der Waals surface area (Å²) in [5, 5.41) is 12.2. The molecule has 3 aliphatic carbocycles. The second-order valence-electron chi connectivity index (χ2n) is 13.5. The van der Waals surface area contributed by atoms with Crippen molar-refractivity contribution < 1.29 is 19.4 Å². The van der Waals surface area contributed by atoms with Gasteiger partial charge in [0, 0.05) is 40.5 Å². The van der Waals surface area contributed by atoms with Crippen molar-refractivity contribution >= 4 is 23.5 Å². The van der Waals surface area contributed by atoms with E-state index >= 15 is 0 Å². The van der Waals surface area contributed by atoms with Gasteiger partial charge in [0.05, 0.1) is 11.9 Å². The van der Waals surface area contributed by atoms with Crippen molar-refractivity contribution in [2.24, 2.45) is 34.0 Å². The van der Waals surface area contributed by atoms with E-state index in [1.165, 1.54) is 12.8 Å². The standard InChI is InChI=1S/C30H47NO4S/c1-7-28(4)16-24(35-25(33)17-36-22-14-20-8-9-21(15-22)31(20)6)29(5)18(2)10-12-30(19(3)27(28)34)13-11-23(32)26(29)30/h7,18-22,24,26-27,34H,1,8-17H2,2-6H3/t18?,19-,20?,21?,22?,24+,26-,27?,28+,29+,30-/m0/s1. The molecule has 5 aliphatic rings. The Morgan fingerprint density at radius 3 is 2.50 bits per heavy atom. The summed E-state index contributed by atoms with van der Waals surface area (Å²) in [5.74, 6) is 0.605. The van der Waals surface area contributed by atoms with Crippen LogP contribution in [0.4, 0.5) is 0 Å². The number of aliphatic hydroxyl groups excluding tert-OH is 1. The molecule has 0 spiro atoms. The molecule has 3 saturated carbocycles. The molecule has 0 aromatic rings. The number of aliphatic hydroxyl groups is 1. The third-order valence-electron chi connectivity index (χ3n) is 12.1. The fourth-order valence-corrected chi connectivity index (χ4v) is 10.5. The number of thioether (sulfide) groups is 1. The van der Waals surface area contributed by atoms with Crippen LogP contribution in [-0.2, 0) is 14.3 Å². The van der Waals surface area contributed by atoms with Gasteiger partial charge < -0.3 is 14.7 Å². The van der Waals surface area contributed by atoms with E-state index in [0.29, 0.717) is 41.7 Å². The molecule has 4 bridgehead atoms. The van der Waals surface area contributed by atoms with Crippen LogP contribution in [0.15, 0.2) is 12.7 Å². The van der Waals surface area contributed by atoms with Crippen LogP contribution in [0, 0.1) is 34.0 Å². The van der Waals surface area contributed by atoms with Crippen molar-refractivity contribution in [3.05, 3.63) is 12.7 Å². The zero-order chi connectivity index (χ0) is 26.0. The zero-order valence-corrected chi connectivity index (χ0v) is 23.8. The Kier molecular flexibility index (Phi) is 6.99. The Balaban J connectivity index is 1.39.